The van der Waals surface area contributed by atoms with Crippen LogP contribution in [-0.4, -0.2) is 26.5 Å². The average Bonchev–Trinajstić information content (AvgIpc) is 3.12. The minimum atomic E-state index is -4.44. The van der Waals surface area contributed by atoms with Crippen molar-refractivity contribution in [2.24, 2.45) is 0 Å². The number of benzene rings is 2. The quantitative estimate of drug-likeness (QED) is 0.359. The lowest BCUT2D eigenvalue weighted by Crippen LogP contribution is -2.25. The maximum atomic E-state index is 13.4. The van der Waals surface area contributed by atoms with E-state index in [0.717, 1.165) is 40.7 Å². The minimum Gasteiger partial charge on any atom is -0.325 e. The molecule has 0 fully saturated rings. The zero-order valence-corrected chi connectivity index (χ0v) is 20.3. The van der Waals surface area contributed by atoms with E-state index in [2.05, 4.69) is 5.32 Å². The van der Waals surface area contributed by atoms with Gasteiger partial charge in [-0.3, -0.25) is 14.2 Å². The van der Waals surface area contributed by atoms with Gasteiger partial charge in [-0.25, -0.2) is 4.98 Å². The monoisotopic (exact) mass is 505 g/mol. The Labute approximate surface area is 203 Å². The molecular weight excluding hydrogens is 483 g/mol. The third-order valence-corrected chi connectivity index (χ3v) is 7.33. The van der Waals surface area contributed by atoms with Crippen molar-refractivity contribution in [2.45, 2.75) is 48.7 Å². The lowest BCUT2D eigenvalue weighted by atomic mass is 10.1. The van der Waals surface area contributed by atoms with Gasteiger partial charge in [0.1, 0.15) is 0 Å². The Bertz CT molecular complexity index is 1280. The SMILES string of the molecule is Cc1cc(C)cc(-n2c(SCC(=O)Nc3ccc(C(F)(F)F)cc3)nc3c(c2=O)SC(C)C3)c1. The number of anilines is 1. The van der Waals surface area contributed by atoms with Gasteiger partial charge < -0.3 is 5.32 Å². The van der Waals surface area contributed by atoms with E-state index in [1.807, 2.05) is 39.0 Å². The molecule has 1 aromatic heterocycles. The molecule has 0 aliphatic carbocycles. The molecule has 0 saturated carbocycles. The topological polar surface area (TPSA) is 64.0 Å². The molecule has 0 bridgehead atoms. The van der Waals surface area contributed by atoms with Crippen LogP contribution in [0.25, 0.3) is 5.69 Å². The summed E-state index contributed by atoms with van der Waals surface area (Å²) in [6, 6.07) is 10.1. The number of fused-ring (bicyclic) bond motifs is 1. The lowest BCUT2D eigenvalue weighted by Gasteiger charge is -2.15. The van der Waals surface area contributed by atoms with Crippen LogP contribution in [0.15, 0.2) is 57.3 Å². The predicted octanol–water partition coefficient (Wildman–Crippen LogP) is 5.64. The van der Waals surface area contributed by atoms with Crippen LogP contribution in [0.1, 0.15) is 29.3 Å². The van der Waals surface area contributed by atoms with Crippen molar-refractivity contribution < 1.29 is 18.0 Å². The molecule has 34 heavy (non-hydrogen) atoms. The van der Waals surface area contributed by atoms with E-state index >= 15 is 0 Å². The summed E-state index contributed by atoms with van der Waals surface area (Å²) in [5, 5.41) is 3.25. The fourth-order valence-corrected chi connectivity index (χ4v) is 5.70. The maximum Gasteiger partial charge on any atom is 0.416 e. The molecule has 5 nitrogen and oxygen atoms in total. The van der Waals surface area contributed by atoms with E-state index in [-0.39, 0.29) is 22.2 Å². The fraction of sp³-hybridized carbons (Fsp3) is 0.292. The summed E-state index contributed by atoms with van der Waals surface area (Å²) >= 11 is 2.63. The van der Waals surface area contributed by atoms with Crippen molar-refractivity contribution in [1.29, 1.82) is 0 Å². The van der Waals surface area contributed by atoms with E-state index in [1.54, 1.807) is 4.57 Å². The van der Waals surface area contributed by atoms with Crippen molar-refractivity contribution in [2.75, 3.05) is 11.1 Å². The molecule has 10 heteroatoms. The van der Waals surface area contributed by atoms with Crippen LogP contribution < -0.4 is 10.9 Å². The molecule has 178 valence electrons. The van der Waals surface area contributed by atoms with Gasteiger partial charge in [-0.2, -0.15) is 13.2 Å². The van der Waals surface area contributed by atoms with Crippen molar-refractivity contribution in [3.8, 4) is 5.69 Å². The van der Waals surface area contributed by atoms with E-state index in [1.165, 1.54) is 23.9 Å². The highest BCUT2D eigenvalue weighted by Crippen LogP contribution is 2.35. The maximum absolute atomic E-state index is 13.4. The Balaban J connectivity index is 1.59. The Morgan fingerprint density at radius 3 is 2.44 bits per heavy atom. The van der Waals surface area contributed by atoms with Gasteiger partial charge in [0.05, 0.1) is 27.6 Å². The van der Waals surface area contributed by atoms with Gasteiger partial charge in [-0.15, -0.1) is 11.8 Å². The minimum absolute atomic E-state index is 0.0558. The first-order valence-electron chi connectivity index (χ1n) is 10.5. The highest BCUT2D eigenvalue weighted by Gasteiger charge is 2.30. The number of hydrogen-bond acceptors (Lipinski definition) is 5. The smallest absolute Gasteiger partial charge is 0.325 e. The zero-order chi connectivity index (χ0) is 24.6. The van der Waals surface area contributed by atoms with Crippen molar-refractivity contribution in [3.05, 3.63) is 75.2 Å². The summed E-state index contributed by atoms with van der Waals surface area (Å²) in [6.45, 7) is 5.93. The Hall–Kier alpha value is -2.72. The summed E-state index contributed by atoms with van der Waals surface area (Å²) in [7, 11) is 0. The number of halogens is 3. The van der Waals surface area contributed by atoms with E-state index in [4.69, 9.17) is 4.98 Å². The summed E-state index contributed by atoms with van der Waals surface area (Å²) in [4.78, 5) is 31.3. The summed E-state index contributed by atoms with van der Waals surface area (Å²) in [5.74, 6) is -0.464. The molecular formula is C24H22F3N3O2S2. The first kappa shape index (κ1) is 24.4. The Kier molecular flexibility index (Phi) is 6.82. The van der Waals surface area contributed by atoms with Gasteiger partial charge in [0.15, 0.2) is 5.16 Å². The normalized spacial score (nSPS) is 15.3. The van der Waals surface area contributed by atoms with Gasteiger partial charge in [0.2, 0.25) is 5.91 Å². The number of aryl methyl sites for hydroxylation is 2. The number of amides is 1. The second kappa shape index (κ2) is 9.50. The number of carbonyl (C=O) groups excluding carboxylic acids is 1. The van der Waals surface area contributed by atoms with Crippen LogP contribution in [0.3, 0.4) is 0 Å². The number of nitrogens with zero attached hydrogens (tertiary/aromatic N) is 2. The second-order valence-corrected chi connectivity index (χ2v) is 10.6. The molecule has 0 radical (unpaired) electrons. The van der Waals surface area contributed by atoms with E-state index < -0.39 is 17.6 Å². The number of aromatic nitrogens is 2. The largest absolute Gasteiger partial charge is 0.416 e. The highest BCUT2D eigenvalue weighted by atomic mass is 32.2. The molecule has 2 aromatic carbocycles. The van der Waals surface area contributed by atoms with Crippen molar-refractivity contribution in [3.63, 3.8) is 0 Å². The fourth-order valence-electron chi connectivity index (χ4n) is 3.77. The summed E-state index contributed by atoms with van der Waals surface area (Å²) in [5.41, 5.74) is 2.73. The number of nitrogens with one attached hydrogen (secondary N) is 1. The van der Waals surface area contributed by atoms with Crippen molar-refractivity contribution >= 4 is 35.1 Å². The first-order chi connectivity index (χ1) is 16.0. The second-order valence-electron chi connectivity index (χ2n) is 8.20. The average molecular weight is 506 g/mol. The van der Waals surface area contributed by atoms with Crippen LogP contribution in [0.5, 0.6) is 0 Å². The molecule has 1 atom stereocenters. The molecule has 1 amide bonds. The van der Waals surface area contributed by atoms with Gasteiger partial charge in [-0.1, -0.05) is 24.8 Å². The van der Waals surface area contributed by atoms with Crippen LogP contribution in [0.4, 0.5) is 18.9 Å². The molecule has 0 spiro atoms. The van der Waals surface area contributed by atoms with Crippen LogP contribution in [-0.2, 0) is 17.4 Å². The number of carbonyl (C=O) groups is 1. The summed E-state index contributed by atoms with van der Waals surface area (Å²) in [6.07, 6.45) is -3.76. The highest BCUT2D eigenvalue weighted by molar-refractivity contribution is 8.00. The van der Waals surface area contributed by atoms with Crippen LogP contribution in [0, 0.1) is 13.8 Å². The third kappa shape index (κ3) is 5.33. The van der Waals surface area contributed by atoms with Gasteiger partial charge in [-0.05, 0) is 61.4 Å². The molecule has 2 heterocycles. The van der Waals surface area contributed by atoms with Gasteiger partial charge in [0, 0.05) is 17.4 Å². The zero-order valence-electron chi connectivity index (χ0n) is 18.7. The van der Waals surface area contributed by atoms with E-state index in [9.17, 15) is 22.8 Å². The van der Waals surface area contributed by atoms with E-state index in [0.29, 0.717) is 22.2 Å². The van der Waals surface area contributed by atoms with Gasteiger partial charge in [0.25, 0.3) is 5.56 Å². The third-order valence-electron chi connectivity index (χ3n) is 5.17. The molecule has 1 N–H and O–H groups in total. The molecule has 1 unspecified atom stereocenters. The Morgan fingerprint density at radius 2 is 1.82 bits per heavy atom. The summed E-state index contributed by atoms with van der Waals surface area (Å²) < 4.78 is 39.8. The molecule has 1 aliphatic heterocycles. The number of alkyl halides is 3. The molecule has 3 aromatic rings. The molecule has 0 saturated heterocycles. The molecule has 4 rings (SSSR count). The lowest BCUT2D eigenvalue weighted by molar-refractivity contribution is -0.137. The predicted molar refractivity (Wildman–Crippen MR) is 129 cm³/mol. The first-order valence-corrected chi connectivity index (χ1v) is 12.4. The van der Waals surface area contributed by atoms with Crippen LogP contribution in [0.2, 0.25) is 0 Å². The van der Waals surface area contributed by atoms with Crippen molar-refractivity contribution in [1.82, 2.24) is 9.55 Å². The number of thioether (sulfide) groups is 2. The Morgan fingerprint density at radius 1 is 1.18 bits per heavy atom. The van der Waals surface area contributed by atoms with Gasteiger partial charge >= 0.3 is 6.18 Å². The van der Waals surface area contributed by atoms with Crippen LogP contribution >= 0.6 is 23.5 Å². The standard InChI is InChI=1S/C24H22F3N3O2S2/c1-13-8-14(2)10-18(9-13)30-22(32)21-19(11-15(3)34-21)29-23(30)33-12-20(31)28-17-6-4-16(5-7-17)24(25,26)27/h4-10,15H,11-12H2,1-3H3,(H,28,31). The number of rotatable bonds is 5. The number of hydrogen-bond donors (Lipinski definition) is 1. The molecule has 1 aliphatic rings.